The number of carbonyl (C=O) groups excluding carboxylic acids is 1. The zero-order valence-electron chi connectivity index (χ0n) is 7.77. The van der Waals surface area contributed by atoms with Crippen molar-refractivity contribution in [2.24, 2.45) is 5.73 Å². The summed E-state index contributed by atoms with van der Waals surface area (Å²) in [6.45, 7) is 1.82. The van der Waals surface area contributed by atoms with Crippen molar-refractivity contribution in [1.82, 2.24) is 5.06 Å². The average Bonchev–Trinajstić information content (AvgIpc) is 2.12. The summed E-state index contributed by atoms with van der Waals surface area (Å²) in [4.78, 5) is 16.5. The number of carbonyl (C=O) groups is 1. The van der Waals surface area contributed by atoms with Gasteiger partial charge < -0.3 is 10.6 Å². The fraction of sp³-hybridized carbons (Fsp3) is 0.300. The number of rotatable bonds is 3. The second-order valence-electron chi connectivity index (χ2n) is 3.23. The van der Waals surface area contributed by atoms with Crippen molar-refractivity contribution in [2.75, 3.05) is 13.1 Å². The normalized spacial score (nSPS) is 16.0. The number of primary amides is 1. The van der Waals surface area contributed by atoms with E-state index in [0.717, 1.165) is 19.5 Å². The smallest absolute Gasteiger partial charge is 0.252 e. The molecule has 4 heteroatoms. The summed E-state index contributed by atoms with van der Waals surface area (Å²) in [7, 11) is 0. The van der Waals surface area contributed by atoms with Crippen LogP contribution in [-0.4, -0.2) is 24.1 Å². The molecule has 1 saturated heterocycles. The molecule has 2 N–H and O–H groups in total. The summed E-state index contributed by atoms with van der Waals surface area (Å²) in [5.74, 6) is 0.0841. The molecule has 0 aliphatic carbocycles. The van der Waals surface area contributed by atoms with Gasteiger partial charge in [0.25, 0.3) is 5.91 Å². The number of hydrogen-bond donors (Lipinski definition) is 1. The van der Waals surface area contributed by atoms with Crippen LogP contribution in [-0.2, 0) is 0 Å². The number of para-hydroxylation sites is 1. The molecule has 74 valence electrons. The molecule has 1 aromatic rings. The number of nitrogens with two attached hydrogens (primary N) is 1. The SMILES string of the molecule is NC(=O)c1ccccc1ON1CCC1. The molecular weight excluding hydrogens is 180 g/mol. The largest absolute Gasteiger partial charge is 0.405 e. The predicted octanol–water partition coefficient (Wildman–Crippen LogP) is 0.785. The Morgan fingerprint density at radius 2 is 2.07 bits per heavy atom. The number of benzene rings is 1. The average molecular weight is 192 g/mol. The van der Waals surface area contributed by atoms with Crippen LogP contribution in [0.1, 0.15) is 16.8 Å². The van der Waals surface area contributed by atoms with Crippen LogP contribution in [0.2, 0.25) is 0 Å². The Morgan fingerprint density at radius 3 is 2.64 bits per heavy atom. The van der Waals surface area contributed by atoms with E-state index in [4.69, 9.17) is 10.6 Å². The van der Waals surface area contributed by atoms with Gasteiger partial charge in [0, 0.05) is 13.1 Å². The molecule has 4 nitrogen and oxygen atoms in total. The molecule has 1 amide bonds. The van der Waals surface area contributed by atoms with Crippen LogP contribution >= 0.6 is 0 Å². The molecule has 0 radical (unpaired) electrons. The monoisotopic (exact) mass is 192 g/mol. The van der Waals surface area contributed by atoms with Crippen molar-refractivity contribution in [3.63, 3.8) is 0 Å². The van der Waals surface area contributed by atoms with E-state index in [-0.39, 0.29) is 0 Å². The standard InChI is InChI=1S/C10H12N2O2/c11-10(13)8-4-1-2-5-9(8)14-12-6-3-7-12/h1-2,4-5H,3,6-7H2,(H2,11,13). The predicted molar refractivity (Wildman–Crippen MR) is 51.8 cm³/mol. The molecule has 1 aliphatic heterocycles. The third kappa shape index (κ3) is 1.70. The Morgan fingerprint density at radius 1 is 1.36 bits per heavy atom. The highest BCUT2D eigenvalue weighted by molar-refractivity contribution is 5.95. The van der Waals surface area contributed by atoms with E-state index in [1.807, 2.05) is 11.1 Å². The first-order valence-electron chi connectivity index (χ1n) is 4.59. The van der Waals surface area contributed by atoms with Gasteiger partial charge in [-0.3, -0.25) is 4.79 Å². The van der Waals surface area contributed by atoms with Gasteiger partial charge in [0.15, 0.2) is 5.75 Å². The lowest BCUT2D eigenvalue weighted by Crippen LogP contribution is -2.40. The van der Waals surface area contributed by atoms with Gasteiger partial charge in [-0.2, -0.15) is 0 Å². The zero-order valence-corrected chi connectivity index (χ0v) is 7.77. The van der Waals surface area contributed by atoms with Gasteiger partial charge >= 0.3 is 0 Å². The minimum absolute atomic E-state index is 0.430. The molecule has 2 rings (SSSR count). The molecule has 1 heterocycles. The minimum Gasteiger partial charge on any atom is -0.405 e. The second-order valence-corrected chi connectivity index (χ2v) is 3.23. The zero-order chi connectivity index (χ0) is 9.97. The van der Waals surface area contributed by atoms with Crippen LogP contribution in [0.3, 0.4) is 0 Å². The van der Waals surface area contributed by atoms with Gasteiger partial charge in [-0.25, -0.2) is 0 Å². The number of hydrogen-bond acceptors (Lipinski definition) is 3. The van der Waals surface area contributed by atoms with Crippen LogP contribution in [0.5, 0.6) is 5.75 Å². The summed E-state index contributed by atoms with van der Waals surface area (Å²) >= 11 is 0. The molecule has 0 saturated carbocycles. The van der Waals surface area contributed by atoms with E-state index in [1.165, 1.54) is 0 Å². The first kappa shape index (κ1) is 9.02. The molecule has 0 bridgehead atoms. The van der Waals surface area contributed by atoms with Crippen LogP contribution in [0.25, 0.3) is 0 Å². The highest BCUT2D eigenvalue weighted by Crippen LogP contribution is 2.20. The molecule has 1 fully saturated rings. The summed E-state index contributed by atoms with van der Waals surface area (Å²) in [6.07, 6.45) is 1.14. The van der Waals surface area contributed by atoms with Crippen molar-refractivity contribution < 1.29 is 9.63 Å². The maximum absolute atomic E-state index is 11.0. The van der Waals surface area contributed by atoms with Crippen molar-refractivity contribution >= 4 is 5.91 Å². The Labute approximate surface area is 82.2 Å². The summed E-state index contributed by atoms with van der Waals surface area (Å²) in [5.41, 5.74) is 5.64. The number of amides is 1. The second kappa shape index (κ2) is 3.67. The maximum atomic E-state index is 11.0. The molecule has 0 atom stereocenters. The lowest BCUT2D eigenvalue weighted by Gasteiger charge is -2.30. The summed E-state index contributed by atoms with van der Waals surface area (Å²) in [6, 6.07) is 7.00. The van der Waals surface area contributed by atoms with E-state index in [0.29, 0.717) is 11.3 Å². The van der Waals surface area contributed by atoms with E-state index >= 15 is 0 Å². The van der Waals surface area contributed by atoms with Gasteiger partial charge in [-0.1, -0.05) is 12.1 Å². The highest BCUT2D eigenvalue weighted by Gasteiger charge is 2.18. The first-order valence-corrected chi connectivity index (χ1v) is 4.59. The maximum Gasteiger partial charge on any atom is 0.252 e. The van der Waals surface area contributed by atoms with Gasteiger partial charge in [-0.15, -0.1) is 5.06 Å². The van der Waals surface area contributed by atoms with Crippen molar-refractivity contribution in [3.8, 4) is 5.75 Å². The lowest BCUT2D eigenvalue weighted by molar-refractivity contribution is -0.107. The van der Waals surface area contributed by atoms with E-state index < -0.39 is 5.91 Å². The molecule has 14 heavy (non-hydrogen) atoms. The first-order chi connectivity index (χ1) is 6.77. The Kier molecular flexibility index (Phi) is 2.37. The Balaban J connectivity index is 2.17. The lowest BCUT2D eigenvalue weighted by atomic mass is 10.2. The van der Waals surface area contributed by atoms with E-state index in [2.05, 4.69) is 0 Å². The molecule has 1 aliphatic rings. The minimum atomic E-state index is -0.457. The summed E-state index contributed by atoms with van der Waals surface area (Å²) < 4.78 is 0. The van der Waals surface area contributed by atoms with E-state index in [1.54, 1.807) is 18.2 Å². The Hall–Kier alpha value is -1.55. The molecule has 1 aromatic carbocycles. The van der Waals surface area contributed by atoms with Crippen LogP contribution in [0.4, 0.5) is 0 Å². The van der Waals surface area contributed by atoms with Gasteiger partial charge in [0.2, 0.25) is 0 Å². The van der Waals surface area contributed by atoms with Crippen molar-refractivity contribution in [3.05, 3.63) is 29.8 Å². The highest BCUT2D eigenvalue weighted by atomic mass is 16.7. The van der Waals surface area contributed by atoms with Crippen LogP contribution in [0.15, 0.2) is 24.3 Å². The number of nitrogens with zero attached hydrogens (tertiary/aromatic N) is 1. The van der Waals surface area contributed by atoms with Gasteiger partial charge in [0.1, 0.15) is 0 Å². The molecule has 0 aromatic heterocycles. The third-order valence-electron chi connectivity index (χ3n) is 2.19. The van der Waals surface area contributed by atoms with Crippen molar-refractivity contribution in [1.29, 1.82) is 0 Å². The van der Waals surface area contributed by atoms with E-state index in [9.17, 15) is 4.79 Å². The molecule has 0 spiro atoms. The third-order valence-corrected chi connectivity index (χ3v) is 2.19. The molecule has 0 unspecified atom stereocenters. The van der Waals surface area contributed by atoms with Gasteiger partial charge in [-0.05, 0) is 18.6 Å². The van der Waals surface area contributed by atoms with Gasteiger partial charge in [0.05, 0.1) is 5.56 Å². The summed E-state index contributed by atoms with van der Waals surface area (Å²) in [5, 5.41) is 1.81. The topological polar surface area (TPSA) is 55.6 Å². The van der Waals surface area contributed by atoms with Crippen LogP contribution < -0.4 is 10.6 Å². The van der Waals surface area contributed by atoms with Crippen LogP contribution in [0, 0.1) is 0 Å². The fourth-order valence-corrected chi connectivity index (χ4v) is 1.27. The molecular formula is C10H12N2O2. The fourth-order valence-electron chi connectivity index (χ4n) is 1.27. The Bertz CT molecular complexity index is 348. The quantitative estimate of drug-likeness (QED) is 0.770. The van der Waals surface area contributed by atoms with Crippen molar-refractivity contribution in [2.45, 2.75) is 6.42 Å². The number of hydroxylamine groups is 2.